The van der Waals surface area contributed by atoms with Gasteiger partial charge in [0.2, 0.25) is 0 Å². The fraction of sp³-hybridized carbons (Fsp3) is 0.250. The van der Waals surface area contributed by atoms with Gasteiger partial charge in [0, 0.05) is 12.1 Å². The third kappa shape index (κ3) is 5.93. The van der Waals surface area contributed by atoms with Gasteiger partial charge in [0.15, 0.2) is 5.96 Å². The Morgan fingerprint density at radius 2 is 1.70 bits per heavy atom. The summed E-state index contributed by atoms with van der Waals surface area (Å²) < 4.78 is 0. The van der Waals surface area contributed by atoms with Crippen molar-refractivity contribution in [2.45, 2.75) is 32.9 Å². The van der Waals surface area contributed by atoms with E-state index in [9.17, 15) is 9.59 Å². The zero-order chi connectivity index (χ0) is 20.0. The summed E-state index contributed by atoms with van der Waals surface area (Å²) in [5.74, 6) is -1.51. The molecule has 0 unspecified atom stereocenters. The second-order valence-corrected chi connectivity index (χ2v) is 6.42. The molecule has 2 aromatic rings. The second kappa shape index (κ2) is 8.95. The van der Waals surface area contributed by atoms with Gasteiger partial charge in [-0.1, -0.05) is 30.3 Å². The summed E-state index contributed by atoms with van der Waals surface area (Å²) >= 11 is 0. The van der Waals surface area contributed by atoms with E-state index in [1.807, 2.05) is 26.0 Å². The molecule has 0 aliphatic rings. The molecule has 0 spiro atoms. The fourth-order valence-electron chi connectivity index (χ4n) is 2.44. The summed E-state index contributed by atoms with van der Waals surface area (Å²) in [6.07, 6.45) is 0.187. The predicted molar refractivity (Wildman–Crippen MR) is 104 cm³/mol. The number of benzene rings is 2. The number of rotatable bonds is 6. The lowest BCUT2D eigenvalue weighted by Gasteiger charge is -2.08. The van der Waals surface area contributed by atoms with Crippen LogP contribution in [0.15, 0.2) is 47.5 Å². The van der Waals surface area contributed by atoms with E-state index in [4.69, 9.17) is 16.6 Å². The smallest absolute Gasteiger partial charge is 0.320 e. The Bertz CT molecular complexity index is 860. The first-order valence-corrected chi connectivity index (χ1v) is 8.52. The van der Waals surface area contributed by atoms with E-state index in [1.54, 1.807) is 24.3 Å². The van der Waals surface area contributed by atoms with Gasteiger partial charge < -0.3 is 21.9 Å². The van der Waals surface area contributed by atoms with Gasteiger partial charge in [0.1, 0.15) is 6.04 Å². The average molecular weight is 368 g/mol. The highest BCUT2D eigenvalue weighted by molar-refractivity contribution is 6.02. The predicted octanol–water partition coefficient (Wildman–Crippen LogP) is 1.50. The Labute approximate surface area is 158 Å². The summed E-state index contributed by atoms with van der Waals surface area (Å²) in [5, 5.41) is 11.8. The van der Waals surface area contributed by atoms with Crippen LogP contribution in [0.25, 0.3) is 0 Å². The van der Waals surface area contributed by atoms with Gasteiger partial charge in [-0.3, -0.25) is 9.59 Å². The molecule has 6 N–H and O–H groups in total. The minimum Gasteiger partial charge on any atom is -0.480 e. The van der Waals surface area contributed by atoms with E-state index in [0.29, 0.717) is 12.1 Å². The SMILES string of the molecule is Cc1ccc(CN/C(N)=N/C(=O)c2ccc(C[C@H](N)C(=O)O)cc2)cc1C. The van der Waals surface area contributed by atoms with Gasteiger partial charge in [0.25, 0.3) is 5.91 Å². The number of hydrogen-bond donors (Lipinski definition) is 4. The number of hydrogen-bond acceptors (Lipinski definition) is 3. The third-order valence-corrected chi connectivity index (χ3v) is 4.24. The van der Waals surface area contributed by atoms with Gasteiger partial charge in [-0.2, -0.15) is 4.99 Å². The number of nitrogens with zero attached hydrogens (tertiary/aromatic N) is 1. The quantitative estimate of drug-likeness (QED) is 0.451. The van der Waals surface area contributed by atoms with E-state index in [2.05, 4.69) is 16.4 Å². The maximum atomic E-state index is 12.2. The van der Waals surface area contributed by atoms with Crippen molar-refractivity contribution in [3.63, 3.8) is 0 Å². The molecule has 0 fully saturated rings. The van der Waals surface area contributed by atoms with Crippen molar-refractivity contribution in [1.29, 1.82) is 0 Å². The summed E-state index contributed by atoms with van der Waals surface area (Å²) in [5.41, 5.74) is 15.8. The number of carbonyl (C=O) groups excluding carboxylic acids is 1. The van der Waals surface area contributed by atoms with Crippen molar-refractivity contribution in [1.82, 2.24) is 5.32 Å². The molecule has 0 aliphatic heterocycles. The van der Waals surface area contributed by atoms with E-state index in [-0.39, 0.29) is 12.4 Å². The van der Waals surface area contributed by atoms with Crippen LogP contribution >= 0.6 is 0 Å². The minimum absolute atomic E-state index is 0.0372. The number of carboxylic acid groups (broad SMARTS) is 1. The van der Waals surface area contributed by atoms with E-state index >= 15 is 0 Å². The van der Waals surface area contributed by atoms with Crippen LogP contribution in [0.4, 0.5) is 0 Å². The van der Waals surface area contributed by atoms with Crippen molar-refractivity contribution in [2.75, 3.05) is 0 Å². The van der Waals surface area contributed by atoms with Crippen LogP contribution in [0.2, 0.25) is 0 Å². The molecule has 7 nitrogen and oxygen atoms in total. The Morgan fingerprint density at radius 3 is 2.30 bits per heavy atom. The molecule has 0 bridgehead atoms. The molecule has 142 valence electrons. The van der Waals surface area contributed by atoms with Gasteiger partial charge in [-0.05, 0) is 54.7 Å². The molecule has 2 aromatic carbocycles. The molecule has 0 saturated heterocycles. The first-order chi connectivity index (χ1) is 12.8. The lowest BCUT2D eigenvalue weighted by atomic mass is 10.0. The number of aryl methyl sites for hydroxylation is 2. The van der Waals surface area contributed by atoms with Gasteiger partial charge in [-0.25, -0.2) is 0 Å². The molecule has 2 rings (SSSR count). The maximum Gasteiger partial charge on any atom is 0.320 e. The van der Waals surface area contributed by atoms with Crippen LogP contribution in [0.1, 0.15) is 32.6 Å². The van der Waals surface area contributed by atoms with Gasteiger partial charge in [0.05, 0.1) is 0 Å². The molecule has 7 heteroatoms. The number of nitrogens with two attached hydrogens (primary N) is 2. The van der Waals surface area contributed by atoms with Gasteiger partial charge in [-0.15, -0.1) is 0 Å². The normalized spacial score (nSPS) is 12.5. The Morgan fingerprint density at radius 1 is 1.07 bits per heavy atom. The van der Waals surface area contributed by atoms with Crippen LogP contribution in [-0.4, -0.2) is 29.0 Å². The van der Waals surface area contributed by atoms with Crippen LogP contribution in [0.5, 0.6) is 0 Å². The highest BCUT2D eigenvalue weighted by atomic mass is 16.4. The topological polar surface area (TPSA) is 131 Å². The van der Waals surface area contributed by atoms with Crippen molar-refractivity contribution in [3.05, 3.63) is 70.3 Å². The molecule has 0 radical (unpaired) electrons. The van der Waals surface area contributed by atoms with E-state index < -0.39 is 17.9 Å². The van der Waals surface area contributed by atoms with E-state index in [1.165, 1.54) is 11.1 Å². The molecule has 27 heavy (non-hydrogen) atoms. The van der Waals surface area contributed by atoms with Crippen molar-refractivity contribution < 1.29 is 14.7 Å². The average Bonchev–Trinajstić information content (AvgIpc) is 2.63. The summed E-state index contributed by atoms with van der Waals surface area (Å²) in [6, 6.07) is 11.6. The van der Waals surface area contributed by atoms with Crippen LogP contribution in [0.3, 0.4) is 0 Å². The molecule has 1 atom stereocenters. The lowest BCUT2D eigenvalue weighted by molar-refractivity contribution is -0.138. The third-order valence-electron chi connectivity index (χ3n) is 4.24. The van der Waals surface area contributed by atoms with Crippen molar-refractivity contribution in [2.24, 2.45) is 16.5 Å². The first-order valence-electron chi connectivity index (χ1n) is 8.52. The number of nitrogens with one attached hydrogen (secondary N) is 1. The Kier molecular flexibility index (Phi) is 6.67. The standard InChI is InChI=1S/C20H24N4O3/c1-12-3-4-15(9-13(12)2)11-23-20(22)24-18(25)16-7-5-14(6-8-16)10-17(21)19(26)27/h3-9,17H,10-11,21H2,1-2H3,(H,26,27)(H3,22,23,24,25)/t17-/m0/s1. The van der Waals surface area contributed by atoms with Crippen molar-refractivity contribution >= 4 is 17.8 Å². The number of carboxylic acids is 1. The van der Waals surface area contributed by atoms with Crippen LogP contribution in [0, 0.1) is 13.8 Å². The van der Waals surface area contributed by atoms with Crippen LogP contribution in [-0.2, 0) is 17.8 Å². The molecule has 0 heterocycles. The number of aliphatic carboxylic acids is 1. The fourth-order valence-corrected chi connectivity index (χ4v) is 2.44. The van der Waals surface area contributed by atoms with Crippen LogP contribution < -0.4 is 16.8 Å². The Balaban J connectivity index is 1.95. The lowest BCUT2D eigenvalue weighted by Crippen LogP contribution is -2.32. The number of carbonyl (C=O) groups is 2. The number of guanidine groups is 1. The summed E-state index contributed by atoms with van der Waals surface area (Å²) in [6.45, 7) is 4.55. The summed E-state index contributed by atoms with van der Waals surface area (Å²) in [4.78, 5) is 26.8. The minimum atomic E-state index is -1.07. The number of amides is 1. The molecular formula is C20H24N4O3. The molecular weight excluding hydrogens is 344 g/mol. The van der Waals surface area contributed by atoms with E-state index in [0.717, 1.165) is 11.1 Å². The van der Waals surface area contributed by atoms with Gasteiger partial charge >= 0.3 is 5.97 Å². The first kappa shape index (κ1) is 20.1. The monoisotopic (exact) mass is 368 g/mol. The molecule has 1 amide bonds. The molecule has 0 aliphatic carbocycles. The molecule has 0 aromatic heterocycles. The molecule has 0 saturated carbocycles. The Hall–Kier alpha value is -3.19. The maximum absolute atomic E-state index is 12.2. The second-order valence-electron chi connectivity index (χ2n) is 6.42. The van der Waals surface area contributed by atoms with Crippen molar-refractivity contribution in [3.8, 4) is 0 Å². The number of aliphatic imine (C=N–C) groups is 1. The largest absolute Gasteiger partial charge is 0.480 e. The highest BCUT2D eigenvalue weighted by Gasteiger charge is 2.12. The highest BCUT2D eigenvalue weighted by Crippen LogP contribution is 2.10. The summed E-state index contributed by atoms with van der Waals surface area (Å²) in [7, 11) is 0. The zero-order valence-corrected chi connectivity index (χ0v) is 15.4. The zero-order valence-electron chi connectivity index (χ0n) is 15.4.